The summed E-state index contributed by atoms with van der Waals surface area (Å²) in [6.45, 7) is 1.68. The monoisotopic (exact) mass is 385 g/mol. The smallest absolute Gasteiger partial charge is 0.272 e. The van der Waals surface area contributed by atoms with Gasteiger partial charge in [-0.15, -0.1) is 0 Å². The van der Waals surface area contributed by atoms with Crippen molar-refractivity contribution in [2.45, 2.75) is 11.8 Å². The Morgan fingerprint density at radius 1 is 1.07 bits per heavy atom. The highest BCUT2D eigenvalue weighted by Gasteiger charge is 2.20. The van der Waals surface area contributed by atoms with Crippen molar-refractivity contribution in [3.05, 3.63) is 70.1 Å². The van der Waals surface area contributed by atoms with Crippen LogP contribution in [0.3, 0.4) is 0 Å². The zero-order valence-corrected chi connectivity index (χ0v) is 15.9. The molecule has 0 spiro atoms. The molecule has 8 heteroatoms. The number of H-pyrrole nitrogens is 1. The second kappa shape index (κ2) is 6.98. The van der Waals surface area contributed by atoms with Gasteiger partial charge in [0.1, 0.15) is 5.69 Å². The van der Waals surface area contributed by atoms with E-state index in [9.17, 15) is 18.0 Å². The Hall–Kier alpha value is -2.97. The number of carbonyl (C=O) groups is 1. The summed E-state index contributed by atoms with van der Waals surface area (Å²) in [5.74, 6) is -0.532. The number of hydrogen-bond acceptors (Lipinski definition) is 4. The Morgan fingerprint density at radius 3 is 2.48 bits per heavy atom. The van der Waals surface area contributed by atoms with Gasteiger partial charge in [-0.2, -0.15) is 0 Å². The van der Waals surface area contributed by atoms with Gasteiger partial charge in [0.05, 0.1) is 4.90 Å². The number of aromatic nitrogens is 1. The number of sulfonamides is 1. The maximum absolute atomic E-state index is 12.5. The molecule has 0 saturated carbocycles. The standard InChI is InChI=1S/C19H19N3O4S/c1-12-8-9-14(11-17(12)27(25,26)22(2)3)20-19(24)16-10-13-6-4-5-7-15(13)18(23)21-16/h4-11H,1-3H3,(H,20,24)(H,21,23). The fourth-order valence-electron chi connectivity index (χ4n) is 2.68. The number of rotatable bonds is 4. The zero-order chi connectivity index (χ0) is 19.8. The first-order chi connectivity index (χ1) is 12.7. The van der Waals surface area contributed by atoms with Crippen molar-refractivity contribution < 1.29 is 13.2 Å². The fraction of sp³-hybridized carbons (Fsp3) is 0.158. The van der Waals surface area contributed by atoms with Crippen molar-refractivity contribution in [2.24, 2.45) is 0 Å². The van der Waals surface area contributed by atoms with Crippen LogP contribution >= 0.6 is 0 Å². The molecule has 3 aromatic rings. The molecular weight excluding hydrogens is 366 g/mol. The predicted octanol–water partition coefficient (Wildman–Crippen LogP) is 2.34. The molecule has 0 saturated heterocycles. The molecule has 2 aromatic carbocycles. The quantitative estimate of drug-likeness (QED) is 0.720. The molecule has 0 aliphatic rings. The van der Waals surface area contributed by atoms with Gasteiger partial charge in [0.15, 0.2) is 0 Å². The molecule has 140 valence electrons. The van der Waals surface area contributed by atoms with E-state index in [4.69, 9.17) is 0 Å². The molecule has 0 aliphatic heterocycles. The van der Waals surface area contributed by atoms with Crippen molar-refractivity contribution in [2.75, 3.05) is 19.4 Å². The Labute approximate surface area is 156 Å². The highest BCUT2D eigenvalue weighted by molar-refractivity contribution is 7.89. The number of nitrogens with one attached hydrogen (secondary N) is 2. The zero-order valence-electron chi connectivity index (χ0n) is 15.1. The highest BCUT2D eigenvalue weighted by Crippen LogP contribution is 2.23. The molecule has 7 nitrogen and oxygen atoms in total. The lowest BCUT2D eigenvalue weighted by molar-refractivity contribution is 0.102. The van der Waals surface area contributed by atoms with Crippen molar-refractivity contribution in [3.8, 4) is 0 Å². The summed E-state index contributed by atoms with van der Waals surface area (Å²) in [5.41, 5.74) is 0.621. The minimum absolute atomic E-state index is 0.0938. The summed E-state index contributed by atoms with van der Waals surface area (Å²) in [5, 5.41) is 3.77. The molecule has 0 fully saturated rings. The molecule has 27 heavy (non-hydrogen) atoms. The van der Waals surface area contributed by atoms with E-state index in [-0.39, 0.29) is 16.1 Å². The molecule has 1 aromatic heterocycles. The third-order valence-electron chi connectivity index (χ3n) is 4.20. The number of nitrogens with zero attached hydrogens (tertiary/aromatic N) is 1. The molecule has 0 radical (unpaired) electrons. The SMILES string of the molecule is Cc1ccc(NC(=O)c2cc3ccccc3c(=O)[nH]2)cc1S(=O)(=O)N(C)C. The molecule has 1 amide bonds. The maximum Gasteiger partial charge on any atom is 0.272 e. The third-order valence-corrected chi connectivity index (χ3v) is 6.16. The van der Waals surface area contributed by atoms with Gasteiger partial charge in [0.25, 0.3) is 11.5 Å². The molecule has 1 heterocycles. The topological polar surface area (TPSA) is 99.3 Å². The lowest BCUT2D eigenvalue weighted by Crippen LogP contribution is -2.23. The molecule has 2 N–H and O–H groups in total. The second-order valence-corrected chi connectivity index (χ2v) is 8.44. The lowest BCUT2D eigenvalue weighted by atomic mass is 10.1. The minimum Gasteiger partial charge on any atom is -0.321 e. The number of fused-ring (bicyclic) bond motifs is 1. The van der Waals surface area contributed by atoms with E-state index in [1.807, 2.05) is 0 Å². The van der Waals surface area contributed by atoms with Crippen LogP contribution in [0.15, 0.2) is 58.2 Å². The summed E-state index contributed by atoms with van der Waals surface area (Å²) < 4.78 is 25.9. The summed E-state index contributed by atoms with van der Waals surface area (Å²) >= 11 is 0. The fourth-order valence-corrected chi connectivity index (χ4v) is 3.83. The first-order valence-corrected chi connectivity index (χ1v) is 9.61. The lowest BCUT2D eigenvalue weighted by Gasteiger charge is -2.15. The number of hydrogen-bond donors (Lipinski definition) is 2. The molecule has 0 bridgehead atoms. The van der Waals surface area contributed by atoms with Gasteiger partial charge in [-0.05, 0) is 42.1 Å². The van der Waals surface area contributed by atoms with Gasteiger partial charge in [-0.25, -0.2) is 12.7 Å². The van der Waals surface area contributed by atoms with Crippen LogP contribution in [0.1, 0.15) is 16.1 Å². The van der Waals surface area contributed by atoms with Gasteiger partial charge < -0.3 is 10.3 Å². The molecule has 0 atom stereocenters. The summed E-state index contributed by atoms with van der Waals surface area (Å²) in [6, 6.07) is 13.2. The number of pyridine rings is 1. The van der Waals surface area contributed by atoms with E-state index in [1.165, 1.54) is 20.2 Å². The van der Waals surface area contributed by atoms with Crippen LogP contribution in [0.4, 0.5) is 5.69 Å². The Balaban J connectivity index is 1.97. The molecule has 3 rings (SSSR count). The van der Waals surface area contributed by atoms with Crippen LogP contribution in [0.25, 0.3) is 10.8 Å². The van der Waals surface area contributed by atoms with Crippen LogP contribution in [0.5, 0.6) is 0 Å². The van der Waals surface area contributed by atoms with Gasteiger partial charge in [-0.3, -0.25) is 9.59 Å². The minimum atomic E-state index is -3.64. The Bertz CT molecular complexity index is 1200. The van der Waals surface area contributed by atoms with E-state index in [1.54, 1.807) is 49.4 Å². The predicted molar refractivity (Wildman–Crippen MR) is 105 cm³/mol. The van der Waals surface area contributed by atoms with Crippen molar-refractivity contribution in [3.63, 3.8) is 0 Å². The second-order valence-electron chi connectivity index (χ2n) is 6.32. The van der Waals surface area contributed by atoms with E-state index >= 15 is 0 Å². The van der Waals surface area contributed by atoms with Crippen molar-refractivity contribution >= 4 is 32.4 Å². The van der Waals surface area contributed by atoms with E-state index in [2.05, 4.69) is 10.3 Å². The molecular formula is C19H19N3O4S. The van der Waals surface area contributed by atoms with Gasteiger partial charge in [0, 0.05) is 25.2 Å². The van der Waals surface area contributed by atoms with E-state index in [0.29, 0.717) is 22.0 Å². The number of benzene rings is 2. The van der Waals surface area contributed by atoms with Crippen molar-refractivity contribution in [1.82, 2.24) is 9.29 Å². The number of carbonyl (C=O) groups excluding carboxylic acids is 1. The van der Waals surface area contributed by atoms with Crippen LogP contribution in [-0.2, 0) is 10.0 Å². The highest BCUT2D eigenvalue weighted by atomic mass is 32.2. The van der Waals surface area contributed by atoms with Crippen molar-refractivity contribution in [1.29, 1.82) is 0 Å². The van der Waals surface area contributed by atoms with Gasteiger partial charge in [0.2, 0.25) is 10.0 Å². The first-order valence-electron chi connectivity index (χ1n) is 8.17. The van der Waals surface area contributed by atoms with Crippen LogP contribution in [0, 0.1) is 6.92 Å². The summed E-state index contributed by atoms with van der Waals surface area (Å²) in [7, 11) is -0.753. The van der Waals surface area contributed by atoms with Gasteiger partial charge >= 0.3 is 0 Å². The van der Waals surface area contributed by atoms with Gasteiger partial charge in [-0.1, -0.05) is 24.3 Å². The number of anilines is 1. The number of aryl methyl sites for hydroxylation is 1. The van der Waals surface area contributed by atoms with E-state index in [0.717, 1.165) is 4.31 Å². The van der Waals surface area contributed by atoms with E-state index < -0.39 is 15.9 Å². The third kappa shape index (κ3) is 3.62. The largest absolute Gasteiger partial charge is 0.321 e. The number of amides is 1. The molecule has 0 aliphatic carbocycles. The van der Waals surface area contributed by atoms with Crippen LogP contribution < -0.4 is 10.9 Å². The average Bonchev–Trinajstić information content (AvgIpc) is 2.63. The average molecular weight is 385 g/mol. The summed E-state index contributed by atoms with van der Waals surface area (Å²) in [4.78, 5) is 27.3. The van der Waals surface area contributed by atoms with Crippen LogP contribution in [0.2, 0.25) is 0 Å². The molecule has 0 unspecified atom stereocenters. The first kappa shape index (κ1) is 18.8. The Morgan fingerprint density at radius 2 is 1.78 bits per heavy atom. The van der Waals surface area contributed by atoms with Crippen LogP contribution in [-0.4, -0.2) is 37.7 Å². The normalized spacial score (nSPS) is 11.7. The maximum atomic E-state index is 12.5. The summed E-state index contributed by atoms with van der Waals surface area (Å²) in [6.07, 6.45) is 0. The Kier molecular flexibility index (Phi) is 4.86. The number of aromatic amines is 1.